The van der Waals surface area contributed by atoms with Crippen molar-refractivity contribution in [2.45, 2.75) is 58.7 Å². The van der Waals surface area contributed by atoms with Crippen LogP contribution >= 0.6 is 11.6 Å². The molecule has 1 aliphatic carbocycles. The summed E-state index contributed by atoms with van der Waals surface area (Å²) in [6.07, 6.45) is 0.745. The predicted molar refractivity (Wildman–Crippen MR) is 170 cm³/mol. The van der Waals surface area contributed by atoms with Crippen molar-refractivity contribution in [3.05, 3.63) is 34.5 Å². The second-order valence-corrected chi connectivity index (χ2v) is 12.3. The van der Waals surface area contributed by atoms with Gasteiger partial charge in [0.1, 0.15) is 17.4 Å². The number of nitrogens with zero attached hydrogens (tertiary/aromatic N) is 4. The Kier molecular flexibility index (Phi) is 17.0. The molecule has 44 heavy (non-hydrogen) atoms. The molecule has 15 heteroatoms. The summed E-state index contributed by atoms with van der Waals surface area (Å²) in [5, 5.41) is 5.74. The zero-order valence-electron chi connectivity index (χ0n) is 27.0. The average Bonchev–Trinajstić information content (AvgIpc) is 2.95. The molecule has 1 aromatic carbocycles. The minimum Gasteiger partial charge on any atom is -0.495 e. The zero-order valence-corrected chi connectivity index (χ0v) is 28.5. The first-order valence-corrected chi connectivity index (χ1v) is 16.2. The number of benzene rings is 1. The Labute approximate surface area is 266 Å². The first-order valence-electron chi connectivity index (χ1n) is 14.3. The number of amides is 1. The highest BCUT2D eigenvalue weighted by Gasteiger charge is 2.38. The molecule has 2 N–H and O–H groups in total. The number of carbonyl (C=O) groups is 1. The molecular weight excluding hydrogens is 621 g/mol. The quantitative estimate of drug-likeness (QED) is 0.317. The van der Waals surface area contributed by atoms with Gasteiger partial charge < -0.3 is 25.0 Å². The molecule has 1 aliphatic rings. The van der Waals surface area contributed by atoms with Crippen molar-refractivity contribution in [1.29, 1.82) is 0 Å². The standard InChI is InChI=1S/C24H31ClF3N5O3.C3H9NOS.C2H6/c1-14-7-5-6-8-19(14)36-22-16(24(26,27)28)13-30-23(32-22)31-18-12-17(25)15(11-20(18)35-4)21(34)29-9-10-33(2)3;1-4(2)6(3)5;1-2/h11-14,19H,5-10H2,1-4H3,(H,29,34)(H,30,31,32);1-3H3;1-2H3/t14-,19?;;/m1../s1. The Hall–Kier alpha value is -2.68. The number of alkyl halides is 3. The fourth-order valence-corrected chi connectivity index (χ4v) is 4.16. The molecule has 0 radical (unpaired) electrons. The minimum atomic E-state index is -4.67. The Morgan fingerprint density at radius 2 is 1.77 bits per heavy atom. The molecule has 3 rings (SSSR count). The van der Waals surface area contributed by atoms with E-state index in [-0.39, 0.29) is 45.9 Å². The summed E-state index contributed by atoms with van der Waals surface area (Å²) in [6.45, 7) is 7.03. The normalized spacial score (nSPS) is 17.1. The van der Waals surface area contributed by atoms with E-state index in [1.807, 2.05) is 39.8 Å². The van der Waals surface area contributed by atoms with Crippen LogP contribution in [0.25, 0.3) is 0 Å². The van der Waals surface area contributed by atoms with Crippen LogP contribution in [-0.2, 0) is 17.2 Å². The van der Waals surface area contributed by atoms with E-state index in [1.54, 1.807) is 24.7 Å². The maximum absolute atomic E-state index is 13.6. The molecule has 1 aromatic heterocycles. The number of halogens is 4. The van der Waals surface area contributed by atoms with Gasteiger partial charge in [0.05, 0.1) is 34.4 Å². The highest BCUT2D eigenvalue weighted by molar-refractivity contribution is 7.81. The second kappa shape index (κ2) is 19.0. The summed E-state index contributed by atoms with van der Waals surface area (Å²) in [7, 11) is 7.94. The number of methoxy groups -OCH3 is 1. The smallest absolute Gasteiger partial charge is 0.423 e. The van der Waals surface area contributed by atoms with Gasteiger partial charge in [0.15, 0.2) is 0 Å². The van der Waals surface area contributed by atoms with Crippen LogP contribution in [0.1, 0.15) is 62.4 Å². The van der Waals surface area contributed by atoms with E-state index in [0.717, 1.165) is 19.3 Å². The number of anilines is 2. The summed E-state index contributed by atoms with van der Waals surface area (Å²) in [4.78, 5) is 22.3. The number of likely N-dealkylation sites (N-methyl/N-ethyl adjacent to an activating group) is 1. The van der Waals surface area contributed by atoms with Crippen LogP contribution in [0.3, 0.4) is 0 Å². The minimum absolute atomic E-state index is 0.113. The zero-order chi connectivity index (χ0) is 33.6. The Bertz CT molecular complexity index is 1220. The number of hydrogen-bond acceptors (Lipinski definition) is 8. The van der Waals surface area contributed by atoms with Gasteiger partial charge in [-0.1, -0.05) is 38.8 Å². The lowest BCUT2D eigenvalue weighted by Crippen LogP contribution is -2.31. The van der Waals surface area contributed by atoms with Gasteiger partial charge in [0.2, 0.25) is 11.8 Å². The molecular formula is C29H46ClF3N6O4S. The molecule has 0 spiro atoms. The van der Waals surface area contributed by atoms with Crippen molar-refractivity contribution in [2.24, 2.45) is 5.92 Å². The third-order valence-electron chi connectivity index (χ3n) is 6.49. The molecule has 0 bridgehead atoms. The third-order valence-corrected chi connectivity index (χ3v) is 7.84. The lowest BCUT2D eigenvalue weighted by Gasteiger charge is -2.29. The molecule has 1 fully saturated rings. The molecule has 10 nitrogen and oxygen atoms in total. The average molecular weight is 667 g/mol. The largest absolute Gasteiger partial charge is 0.495 e. The van der Waals surface area contributed by atoms with Crippen molar-refractivity contribution in [3.63, 3.8) is 0 Å². The lowest BCUT2D eigenvalue weighted by molar-refractivity contribution is -0.140. The van der Waals surface area contributed by atoms with Crippen LogP contribution in [-0.4, -0.2) is 90.0 Å². The maximum atomic E-state index is 13.6. The van der Waals surface area contributed by atoms with Gasteiger partial charge in [-0.05, 0) is 65.5 Å². The van der Waals surface area contributed by atoms with E-state index >= 15 is 0 Å². The van der Waals surface area contributed by atoms with Crippen molar-refractivity contribution < 1.29 is 31.6 Å². The predicted octanol–water partition coefficient (Wildman–Crippen LogP) is 6.02. The van der Waals surface area contributed by atoms with E-state index < -0.39 is 28.6 Å². The van der Waals surface area contributed by atoms with E-state index in [9.17, 15) is 22.2 Å². The number of carbonyl (C=O) groups excluding carboxylic acids is 1. The molecule has 3 atom stereocenters. The van der Waals surface area contributed by atoms with Crippen molar-refractivity contribution in [1.82, 2.24) is 24.5 Å². The monoisotopic (exact) mass is 666 g/mol. The van der Waals surface area contributed by atoms with Gasteiger partial charge in [0, 0.05) is 25.5 Å². The third kappa shape index (κ3) is 12.7. The van der Waals surface area contributed by atoms with E-state index in [1.165, 1.54) is 19.2 Å². The maximum Gasteiger partial charge on any atom is 0.423 e. The van der Waals surface area contributed by atoms with Crippen LogP contribution in [0.4, 0.5) is 24.8 Å². The fourth-order valence-electron chi connectivity index (χ4n) is 3.91. The summed E-state index contributed by atoms with van der Waals surface area (Å²) in [5.41, 5.74) is -0.564. The molecule has 250 valence electrons. The Balaban J connectivity index is 0.00000108. The fraction of sp³-hybridized carbons (Fsp3) is 0.621. The molecule has 1 saturated carbocycles. The highest BCUT2D eigenvalue weighted by atomic mass is 35.5. The van der Waals surface area contributed by atoms with E-state index in [0.29, 0.717) is 25.7 Å². The van der Waals surface area contributed by atoms with E-state index in [2.05, 4.69) is 20.6 Å². The van der Waals surface area contributed by atoms with Gasteiger partial charge in [-0.3, -0.25) is 4.79 Å². The summed E-state index contributed by atoms with van der Waals surface area (Å²) in [6, 6.07) is 2.88. The molecule has 0 aliphatic heterocycles. The molecule has 2 unspecified atom stereocenters. The van der Waals surface area contributed by atoms with Crippen LogP contribution in [0.15, 0.2) is 18.3 Å². The first-order chi connectivity index (χ1) is 20.6. The SMILES string of the molecule is CC.CN(C)S(C)=O.COc1cc(C(=O)NCCN(C)C)c(Cl)cc1Nc1ncc(C(F)(F)F)c(OC2CCCC[C@H]2C)n1. The lowest BCUT2D eigenvalue weighted by atomic mass is 9.88. The van der Waals surface area contributed by atoms with Crippen molar-refractivity contribution >= 4 is 40.1 Å². The number of rotatable bonds is 10. The van der Waals surface area contributed by atoms with Gasteiger partial charge in [0.25, 0.3) is 5.91 Å². The molecule has 1 heterocycles. The number of aromatic nitrogens is 2. The Morgan fingerprint density at radius 1 is 1.16 bits per heavy atom. The first kappa shape index (κ1) is 39.3. The van der Waals surface area contributed by atoms with Gasteiger partial charge in [-0.15, -0.1) is 0 Å². The van der Waals surface area contributed by atoms with E-state index in [4.69, 9.17) is 21.1 Å². The topological polar surface area (TPSA) is 109 Å². The van der Waals surface area contributed by atoms with Gasteiger partial charge in [-0.2, -0.15) is 18.2 Å². The molecule has 0 saturated heterocycles. The van der Waals surface area contributed by atoms with Crippen LogP contribution in [0.2, 0.25) is 5.02 Å². The highest BCUT2D eigenvalue weighted by Crippen LogP contribution is 2.38. The number of nitrogens with one attached hydrogen (secondary N) is 2. The van der Waals surface area contributed by atoms with Crippen molar-refractivity contribution in [3.8, 4) is 11.6 Å². The van der Waals surface area contributed by atoms with Gasteiger partial charge >= 0.3 is 6.18 Å². The van der Waals surface area contributed by atoms with Crippen LogP contribution < -0.4 is 20.1 Å². The summed E-state index contributed by atoms with van der Waals surface area (Å²) >= 11 is 6.34. The van der Waals surface area contributed by atoms with Crippen LogP contribution in [0, 0.1) is 5.92 Å². The summed E-state index contributed by atoms with van der Waals surface area (Å²) < 4.78 is 63.8. The summed E-state index contributed by atoms with van der Waals surface area (Å²) in [5.74, 6) is -0.681. The molecule has 1 amide bonds. The van der Waals surface area contributed by atoms with Crippen molar-refractivity contribution in [2.75, 3.05) is 60.0 Å². The number of ether oxygens (including phenoxy) is 2. The molecule has 2 aromatic rings. The Morgan fingerprint density at radius 3 is 2.30 bits per heavy atom. The number of hydrogen-bond donors (Lipinski definition) is 2. The van der Waals surface area contributed by atoms with Gasteiger partial charge in [-0.25, -0.2) is 13.5 Å². The van der Waals surface area contributed by atoms with Crippen LogP contribution in [0.5, 0.6) is 11.6 Å². The second-order valence-electron chi connectivity index (χ2n) is 10.3.